The van der Waals surface area contributed by atoms with Crippen LogP contribution in [0.1, 0.15) is 62.2 Å². The van der Waals surface area contributed by atoms with E-state index in [1.165, 1.54) is 22.3 Å². The minimum absolute atomic E-state index is 0.335. The summed E-state index contributed by atoms with van der Waals surface area (Å²) in [6, 6.07) is 17.0. The maximum atomic E-state index is 6.25. The first-order valence-electron chi connectivity index (χ1n) is 13.0. The van der Waals surface area contributed by atoms with Crippen molar-refractivity contribution >= 4 is 40.1 Å². The van der Waals surface area contributed by atoms with Gasteiger partial charge in [0.25, 0.3) is 0 Å². The predicted molar refractivity (Wildman–Crippen MR) is 154 cm³/mol. The molecular formula is C29H34ClN5S. The van der Waals surface area contributed by atoms with E-state index in [1.807, 2.05) is 12.1 Å². The van der Waals surface area contributed by atoms with Gasteiger partial charge >= 0.3 is 0 Å². The Hall–Kier alpha value is -2.83. The summed E-state index contributed by atoms with van der Waals surface area (Å²) in [5.74, 6) is 1.03. The zero-order valence-corrected chi connectivity index (χ0v) is 22.8. The Morgan fingerprint density at radius 3 is 2.47 bits per heavy atom. The SMILES string of the molecule is CCC(CC)NC(=S)c1c(-c2ccc(Cl)cc2)c2c3n(c(CNc4ccc(C)cc4)nn13)CCCC2. The average molecular weight is 520 g/mol. The molecule has 7 heteroatoms. The second kappa shape index (κ2) is 10.7. The lowest BCUT2D eigenvalue weighted by Gasteiger charge is -2.18. The van der Waals surface area contributed by atoms with Gasteiger partial charge in [-0.15, -0.1) is 0 Å². The highest BCUT2D eigenvalue weighted by Gasteiger charge is 2.29. The lowest BCUT2D eigenvalue weighted by Crippen LogP contribution is -2.34. The number of hydrogen-bond acceptors (Lipinski definition) is 3. The molecule has 0 saturated heterocycles. The van der Waals surface area contributed by atoms with E-state index in [-0.39, 0.29) is 0 Å². The van der Waals surface area contributed by atoms with Gasteiger partial charge in [-0.2, -0.15) is 5.10 Å². The van der Waals surface area contributed by atoms with Gasteiger partial charge in [-0.05, 0) is 68.9 Å². The molecule has 5 rings (SSSR count). The summed E-state index contributed by atoms with van der Waals surface area (Å²) in [4.78, 5) is 0.762. The van der Waals surface area contributed by atoms with Gasteiger partial charge in [0.15, 0.2) is 5.82 Å². The molecule has 2 aromatic heterocycles. The maximum absolute atomic E-state index is 6.25. The molecule has 0 atom stereocenters. The lowest BCUT2D eigenvalue weighted by molar-refractivity contribution is 0.573. The number of anilines is 1. The molecule has 0 aliphatic carbocycles. The molecule has 1 aliphatic rings. The maximum Gasteiger partial charge on any atom is 0.150 e. The van der Waals surface area contributed by atoms with Gasteiger partial charge in [0, 0.05) is 34.4 Å². The van der Waals surface area contributed by atoms with Crippen molar-refractivity contribution in [3.63, 3.8) is 0 Å². The number of halogens is 1. The summed E-state index contributed by atoms with van der Waals surface area (Å²) in [7, 11) is 0. The van der Waals surface area contributed by atoms with Crippen LogP contribution in [0.4, 0.5) is 5.69 Å². The predicted octanol–water partition coefficient (Wildman–Crippen LogP) is 7.17. The van der Waals surface area contributed by atoms with E-state index in [9.17, 15) is 0 Å². The van der Waals surface area contributed by atoms with Gasteiger partial charge in [0.05, 0.1) is 6.54 Å². The minimum Gasteiger partial charge on any atom is -0.378 e. The van der Waals surface area contributed by atoms with Crippen molar-refractivity contribution in [2.75, 3.05) is 5.32 Å². The molecule has 0 radical (unpaired) electrons. The first-order chi connectivity index (χ1) is 17.5. The molecule has 0 spiro atoms. The van der Waals surface area contributed by atoms with Gasteiger partial charge in [0.1, 0.15) is 16.3 Å². The second-order valence-corrected chi connectivity index (χ2v) is 10.5. The van der Waals surface area contributed by atoms with Crippen molar-refractivity contribution < 1.29 is 0 Å². The van der Waals surface area contributed by atoms with Gasteiger partial charge < -0.3 is 15.2 Å². The molecule has 4 aromatic rings. The summed E-state index contributed by atoms with van der Waals surface area (Å²) >= 11 is 12.3. The van der Waals surface area contributed by atoms with Crippen LogP contribution in [0, 0.1) is 6.92 Å². The molecule has 0 fully saturated rings. The summed E-state index contributed by atoms with van der Waals surface area (Å²) in [6.07, 6.45) is 5.32. The molecule has 188 valence electrons. The van der Waals surface area contributed by atoms with Crippen molar-refractivity contribution in [1.82, 2.24) is 19.5 Å². The van der Waals surface area contributed by atoms with Crippen LogP contribution in [0.15, 0.2) is 48.5 Å². The van der Waals surface area contributed by atoms with Crippen LogP contribution in [0.5, 0.6) is 0 Å². The van der Waals surface area contributed by atoms with E-state index in [0.29, 0.717) is 12.6 Å². The number of rotatable bonds is 8. The van der Waals surface area contributed by atoms with Gasteiger partial charge in [-0.3, -0.25) is 0 Å². The first kappa shape index (κ1) is 24.8. The molecular weight excluding hydrogens is 486 g/mol. The Labute approximate surface area is 223 Å². The van der Waals surface area contributed by atoms with Crippen LogP contribution < -0.4 is 10.6 Å². The Bertz CT molecular complexity index is 1360. The molecule has 5 nitrogen and oxygen atoms in total. The van der Waals surface area contributed by atoms with Crippen molar-refractivity contribution in [3.8, 4) is 11.1 Å². The molecule has 0 saturated carbocycles. The van der Waals surface area contributed by atoms with Crippen LogP contribution in [0.25, 0.3) is 16.8 Å². The van der Waals surface area contributed by atoms with E-state index < -0.39 is 0 Å². The topological polar surface area (TPSA) is 46.3 Å². The summed E-state index contributed by atoms with van der Waals surface area (Å²) < 4.78 is 4.50. The number of thiocarbonyl (C=S) groups is 1. The fourth-order valence-electron chi connectivity index (χ4n) is 5.17. The number of nitrogens with one attached hydrogen (secondary N) is 2. The summed E-state index contributed by atoms with van der Waals surface area (Å²) in [5.41, 5.74) is 8.16. The first-order valence-corrected chi connectivity index (χ1v) is 13.8. The van der Waals surface area contributed by atoms with E-state index >= 15 is 0 Å². The molecule has 2 aromatic carbocycles. The van der Waals surface area contributed by atoms with Crippen molar-refractivity contribution in [1.29, 1.82) is 0 Å². The third-order valence-corrected chi connectivity index (χ3v) is 7.80. The average Bonchev–Trinajstić information content (AvgIpc) is 3.29. The van der Waals surface area contributed by atoms with Crippen LogP contribution >= 0.6 is 23.8 Å². The van der Waals surface area contributed by atoms with E-state index in [0.717, 1.165) is 71.4 Å². The van der Waals surface area contributed by atoms with Crippen molar-refractivity contribution in [3.05, 3.63) is 76.2 Å². The fourth-order valence-corrected chi connectivity index (χ4v) is 5.65. The van der Waals surface area contributed by atoms with Crippen LogP contribution in [-0.4, -0.2) is 25.2 Å². The smallest absolute Gasteiger partial charge is 0.150 e. The molecule has 3 heterocycles. The van der Waals surface area contributed by atoms with E-state index in [4.69, 9.17) is 28.9 Å². The largest absolute Gasteiger partial charge is 0.378 e. The van der Waals surface area contributed by atoms with Crippen molar-refractivity contribution in [2.24, 2.45) is 0 Å². The van der Waals surface area contributed by atoms with Gasteiger partial charge in [0.2, 0.25) is 0 Å². The quantitative estimate of drug-likeness (QED) is 0.242. The molecule has 1 aliphatic heterocycles. The second-order valence-electron chi connectivity index (χ2n) is 9.68. The normalized spacial score (nSPS) is 13.2. The van der Waals surface area contributed by atoms with E-state index in [1.54, 1.807) is 0 Å². The number of nitrogens with zero attached hydrogens (tertiary/aromatic N) is 3. The molecule has 36 heavy (non-hydrogen) atoms. The highest BCUT2D eigenvalue weighted by Crippen LogP contribution is 2.37. The Morgan fingerprint density at radius 2 is 1.78 bits per heavy atom. The highest BCUT2D eigenvalue weighted by molar-refractivity contribution is 7.80. The molecule has 0 amide bonds. The Kier molecular flexibility index (Phi) is 7.35. The molecule has 0 unspecified atom stereocenters. The Balaban J connectivity index is 1.64. The number of hydrogen-bond donors (Lipinski definition) is 2. The standard InChI is InChI=1S/C29H34ClN5S/c1-4-22(5-2)32-28(36)27-26(20-11-13-21(30)14-12-20)24-8-6-7-17-34-25(33-35(27)29(24)34)18-31-23-15-9-19(3)10-16-23/h9-16,22,31H,4-8,17-18H2,1-3H3,(H,32,36). The van der Waals surface area contributed by atoms with Crippen LogP contribution in [0.3, 0.4) is 0 Å². The van der Waals surface area contributed by atoms with Gasteiger partial charge in [-0.25, -0.2) is 4.52 Å². The van der Waals surface area contributed by atoms with Crippen LogP contribution in [-0.2, 0) is 19.5 Å². The van der Waals surface area contributed by atoms with E-state index in [2.05, 4.69) is 76.9 Å². The third kappa shape index (κ3) is 4.76. The lowest BCUT2D eigenvalue weighted by atomic mass is 9.98. The Morgan fingerprint density at radius 1 is 1.06 bits per heavy atom. The third-order valence-electron chi connectivity index (χ3n) is 7.23. The molecule has 0 bridgehead atoms. The van der Waals surface area contributed by atoms with Gasteiger partial charge in [-0.1, -0.05) is 67.5 Å². The number of aromatic nitrogens is 3. The zero-order chi connectivity index (χ0) is 25.2. The highest BCUT2D eigenvalue weighted by atomic mass is 35.5. The molecule has 2 N–H and O–H groups in total. The number of benzene rings is 2. The zero-order valence-electron chi connectivity index (χ0n) is 21.3. The minimum atomic E-state index is 0.335. The monoisotopic (exact) mass is 519 g/mol. The number of aryl methyl sites for hydroxylation is 3. The van der Waals surface area contributed by atoms with Crippen LogP contribution in [0.2, 0.25) is 5.02 Å². The summed E-state index contributed by atoms with van der Waals surface area (Å²) in [5, 5.41) is 13.1. The summed E-state index contributed by atoms with van der Waals surface area (Å²) in [6.45, 7) is 8.12. The fraction of sp³-hybridized carbons (Fsp3) is 0.379. The van der Waals surface area contributed by atoms with Crippen molar-refractivity contribution in [2.45, 2.75) is 72.0 Å².